The van der Waals surface area contributed by atoms with Crippen LogP contribution < -0.4 is 4.74 Å². The monoisotopic (exact) mass is 669 g/mol. The van der Waals surface area contributed by atoms with E-state index in [1.165, 1.54) is 0 Å². The minimum absolute atomic E-state index is 0.220. The quantitative estimate of drug-likeness (QED) is 0.187. The van der Waals surface area contributed by atoms with E-state index in [0.717, 1.165) is 81.0 Å². The number of ether oxygens (including phenoxy) is 1. The number of carboxylic acids is 1. The molecule has 3 aromatic heterocycles. The highest BCUT2D eigenvalue weighted by molar-refractivity contribution is 7.10. The first kappa shape index (κ1) is 32.9. The molecule has 1 amide bonds. The number of carboxylic acid groups (broad SMARTS) is 1. The number of nitrogens with zero attached hydrogens (tertiary/aromatic N) is 3. The van der Waals surface area contributed by atoms with Crippen molar-refractivity contribution >= 4 is 34.6 Å². The molecule has 4 heterocycles. The van der Waals surface area contributed by atoms with Gasteiger partial charge in [-0.3, -0.25) is 4.79 Å². The second-order valence-electron chi connectivity index (χ2n) is 10.6. The number of hydrogen-bond acceptors (Lipinski definition) is 8. The van der Waals surface area contributed by atoms with Crippen molar-refractivity contribution in [3.8, 4) is 39.4 Å². The van der Waals surface area contributed by atoms with Gasteiger partial charge in [0.05, 0.1) is 29.8 Å². The molecular weight excluding hydrogens is 640 g/mol. The summed E-state index contributed by atoms with van der Waals surface area (Å²) in [5.41, 5.74) is 5.83. The van der Waals surface area contributed by atoms with Gasteiger partial charge in [0.2, 0.25) is 5.91 Å². The molecule has 0 radical (unpaired) electrons. The fraction of sp³-hybridized carbons (Fsp3) is 0.273. The Kier molecular flexibility index (Phi) is 10.2. The van der Waals surface area contributed by atoms with Crippen LogP contribution >= 0.6 is 22.7 Å². The summed E-state index contributed by atoms with van der Waals surface area (Å²) in [5, 5.41) is 16.8. The molecule has 8 nitrogen and oxygen atoms in total. The fourth-order valence-corrected chi connectivity index (χ4v) is 6.82. The van der Waals surface area contributed by atoms with Gasteiger partial charge < -0.3 is 19.3 Å². The first-order valence-corrected chi connectivity index (χ1v) is 16.1. The highest BCUT2D eigenvalue weighted by atomic mass is 32.1. The average Bonchev–Trinajstić information content (AvgIpc) is 3.83. The van der Waals surface area contributed by atoms with Crippen molar-refractivity contribution in [3.05, 3.63) is 87.1 Å². The standard InChI is InChI=1S/C31H29N3O3S2.C2HF3O2/c1-20-29(30(33-37-20)24-6-3-5-23(17-24)21-8-10-25(36-2)11-9-21)27-19-39-31(32-27)22-12-14-34(15-13-22)28(35)18-26-7-4-16-38-26;3-2(4,5)1(6)7/h3-11,16-17,19,22H,12-15,18H2,1-2H3;(H,6,7). The summed E-state index contributed by atoms with van der Waals surface area (Å²) in [4.78, 5) is 29.8. The number of aromatic nitrogens is 2. The number of methoxy groups -OCH3 is 1. The molecule has 0 atom stereocenters. The minimum Gasteiger partial charge on any atom is -0.497 e. The molecule has 1 aliphatic heterocycles. The molecule has 0 spiro atoms. The first-order chi connectivity index (χ1) is 22.0. The number of piperidine rings is 1. The van der Waals surface area contributed by atoms with E-state index in [-0.39, 0.29) is 5.91 Å². The molecule has 1 fully saturated rings. The smallest absolute Gasteiger partial charge is 0.490 e. The molecular formula is C33H30F3N3O5S2. The lowest BCUT2D eigenvalue weighted by Gasteiger charge is -2.31. The number of thiazole rings is 1. The Hall–Kier alpha value is -4.49. The van der Waals surface area contributed by atoms with Crippen LogP contribution in [0.4, 0.5) is 13.2 Å². The lowest BCUT2D eigenvalue weighted by atomic mass is 9.97. The van der Waals surface area contributed by atoms with Crippen LogP contribution in [0.5, 0.6) is 5.75 Å². The van der Waals surface area contributed by atoms with Gasteiger partial charge in [-0.25, -0.2) is 9.78 Å². The summed E-state index contributed by atoms with van der Waals surface area (Å²) in [6, 6.07) is 20.4. The third-order valence-corrected chi connectivity index (χ3v) is 9.43. The van der Waals surface area contributed by atoms with Crippen molar-refractivity contribution in [2.24, 2.45) is 0 Å². The first-order valence-electron chi connectivity index (χ1n) is 14.3. The SMILES string of the molecule is COc1ccc(-c2cccc(-c3noc(C)c3-c3csc(C4CCN(C(=O)Cc5cccs5)CC4)n3)c2)cc1.O=C(O)C(F)(F)F. The average molecular weight is 670 g/mol. The van der Waals surface area contributed by atoms with Crippen molar-refractivity contribution in [3.63, 3.8) is 0 Å². The van der Waals surface area contributed by atoms with Gasteiger partial charge in [0, 0.05) is 34.8 Å². The number of rotatable bonds is 7. The zero-order valence-corrected chi connectivity index (χ0v) is 26.5. The molecule has 240 valence electrons. The fourth-order valence-electron chi connectivity index (χ4n) is 5.14. The van der Waals surface area contributed by atoms with Crippen LogP contribution in [0.25, 0.3) is 33.6 Å². The number of alkyl halides is 3. The maximum absolute atomic E-state index is 12.7. The highest BCUT2D eigenvalue weighted by Gasteiger charge is 2.38. The van der Waals surface area contributed by atoms with E-state index in [1.807, 2.05) is 47.5 Å². The molecule has 46 heavy (non-hydrogen) atoms. The van der Waals surface area contributed by atoms with Gasteiger partial charge >= 0.3 is 12.1 Å². The molecule has 0 unspecified atom stereocenters. The number of likely N-dealkylation sites (tertiary alicyclic amines) is 1. The number of amides is 1. The molecule has 5 aromatic rings. The number of carbonyl (C=O) groups excluding carboxylic acids is 1. The summed E-state index contributed by atoms with van der Waals surface area (Å²) >= 11 is 3.33. The van der Waals surface area contributed by atoms with Gasteiger partial charge in [-0.1, -0.05) is 41.6 Å². The molecule has 6 rings (SSSR count). The van der Waals surface area contributed by atoms with E-state index in [1.54, 1.807) is 29.8 Å². The zero-order valence-electron chi connectivity index (χ0n) is 24.9. The van der Waals surface area contributed by atoms with Gasteiger partial charge in [-0.2, -0.15) is 13.2 Å². The molecule has 2 aromatic carbocycles. The Morgan fingerprint density at radius 3 is 2.35 bits per heavy atom. The summed E-state index contributed by atoms with van der Waals surface area (Å²) < 4.78 is 42.7. The number of benzene rings is 2. The van der Waals surface area contributed by atoms with Crippen molar-refractivity contribution < 1.29 is 37.1 Å². The van der Waals surface area contributed by atoms with E-state index in [9.17, 15) is 18.0 Å². The molecule has 0 bridgehead atoms. The molecule has 1 aliphatic rings. The van der Waals surface area contributed by atoms with E-state index in [4.69, 9.17) is 24.1 Å². The van der Waals surface area contributed by atoms with Gasteiger partial charge in [0.1, 0.15) is 17.2 Å². The summed E-state index contributed by atoms with van der Waals surface area (Å²) in [6.07, 6.45) is -2.72. The van der Waals surface area contributed by atoms with Crippen LogP contribution in [0.3, 0.4) is 0 Å². The molecule has 0 saturated carbocycles. The van der Waals surface area contributed by atoms with Crippen LogP contribution in [0, 0.1) is 6.92 Å². The number of thiophene rings is 1. The number of carbonyl (C=O) groups is 2. The Morgan fingerprint density at radius 1 is 1.02 bits per heavy atom. The van der Waals surface area contributed by atoms with E-state index >= 15 is 0 Å². The van der Waals surface area contributed by atoms with Gasteiger partial charge in [0.15, 0.2) is 0 Å². The maximum Gasteiger partial charge on any atom is 0.490 e. The Labute approximate surface area is 271 Å². The third kappa shape index (κ3) is 7.83. The van der Waals surface area contributed by atoms with E-state index < -0.39 is 12.1 Å². The van der Waals surface area contributed by atoms with Crippen molar-refractivity contribution in [1.29, 1.82) is 0 Å². The maximum atomic E-state index is 12.7. The lowest BCUT2D eigenvalue weighted by Crippen LogP contribution is -2.38. The van der Waals surface area contributed by atoms with E-state index in [2.05, 4.69) is 40.9 Å². The Morgan fingerprint density at radius 2 is 1.72 bits per heavy atom. The number of halogens is 3. The van der Waals surface area contributed by atoms with Crippen LogP contribution in [0.2, 0.25) is 0 Å². The van der Waals surface area contributed by atoms with Crippen molar-refractivity contribution in [2.45, 2.75) is 38.3 Å². The Bertz CT molecular complexity index is 1770. The molecule has 13 heteroatoms. The number of hydrogen-bond donors (Lipinski definition) is 1. The Balaban J connectivity index is 0.000000537. The highest BCUT2D eigenvalue weighted by Crippen LogP contribution is 2.39. The molecule has 1 saturated heterocycles. The lowest BCUT2D eigenvalue weighted by molar-refractivity contribution is -0.192. The second-order valence-corrected chi connectivity index (χ2v) is 12.5. The van der Waals surface area contributed by atoms with Crippen LogP contribution in [0.1, 0.15) is 34.4 Å². The van der Waals surface area contributed by atoms with Crippen LogP contribution in [0.15, 0.2) is 75.9 Å². The summed E-state index contributed by atoms with van der Waals surface area (Å²) in [5.74, 6) is -0.591. The topological polar surface area (TPSA) is 106 Å². The van der Waals surface area contributed by atoms with Gasteiger partial charge in [-0.15, -0.1) is 22.7 Å². The van der Waals surface area contributed by atoms with Crippen molar-refractivity contribution in [1.82, 2.24) is 15.0 Å². The molecule has 1 N–H and O–H groups in total. The molecule has 0 aliphatic carbocycles. The van der Waals surface area contributed by atoms with E-state index in [0.29, 0.717) is 12.3 Å². The van der Waals surface area contributed by atoms with Crippen molar-refractivity contribution in [2.75, 3.05) is 20.2 Å². The summed E-state index contributed by atoms with van der Waals surface area (Å²) in [6.45, 7) is 3.49. The van der Waals surface area contributed by atoms with Gasteiger partial charge in [0.25, 0.3) is 0 Å². The van der Waals surface area contributed by atoms with Crippen LogP contribution in [-0.4, -0.2) is 58.4 Å². The predicted molar refractivity (Wildman–Crippen MR) is 170 cm³/mol. The second kappa shape index (κ2) is 14.3. The minimum atomic E-state index is -5.08. The predicted octanol–water partition coefficient (Wildman–Crippen LogP) is 8.09. The third-order valence-electron chi connectivity index (χ3n) is 7.55. The number of aliphatic carboxylic acids is 1. The van der Waals surface area contributed by atoms with Crippen LogP contribution in [-0.2, 0) is 16.0 Å². The summed E-state index contributed by atoms with van der Waals surface area (Å²) in [7, 11) is 1.67. The van der Waals surface area contributed by atoms with Gasteiger partial charge in [-0.05, 0) is 60.5 Å². The number of aryl methyl sites for hydroxylation is 1. The largest absolute Gasteiger partial charge is 0.497 e. The zero-order chi connectivity index (χ0) is 32.8. The normalized spacial score (nSPS) is 13.6.